The lowest BCUT2D eigenvalue weighted by Crippen LogP contribution is -2.46. The highest BCUT2D eigenvalue weighted by molar-refractivity contribution is 5.45. The molecule has 0 saturated carbocycles. The zero-order chi connectivity index (χ0) is 18.0. The maximum atomic E-state index is 13.3. The molecule has 2 aromatic rings. The van der Waals surface area contributed by atoms with Crippen LogP contribution in [-0.2, 0) is 6.54 Å². The van der Waals surface area contributed by atoms with Crippen LogP contribution in [0.3, 0.4) is 0 Å². The molecule has 0 aliphatic carbocycles. The Balaban J connectivity index is 1.64. The summed E-state index contributed by atoms with van der Waals surface area (Å²) in [6.45, 7) is 5.68. The molecule has 134 valence electrons. The van der Waals surface area contributed by atoms with E-state index in [1.807, 2.05) is 32.0 Å². The zero-order valence-electron chi connectivity index (χ0n) is 14.8. The molecule has 0 amide bonds. The fourth-order valence-corrected chi connectivity index (χ4v) is 2.97. The van der Waals surface area contributed by atoms with E-state index in [-0.39, 0.29) is 0 Å². The first-order chi connectivity index (χ1) is 11.9. The summed E-state index contributed by atoms with van der Waals surface area (Å²) in [5, 5.41) is 0. The van der Waals surface area contributed by atoms with Crippen LogP contribution >= 0.6 is 0 Å². The molecule has 3 rings (SSSR count). The molecular weight excluding hydrogens is 324 g/mol. The van der Waals surface area contributed by atoms with E-state index >= 15 is 0 Å². The predicted octanol–water partition coefficient (Wildman–Crippen LogP) is 2.45. The van der Waals surface area contributed by atoms with Crippen LogP contribution in [0.2, 0.25) is 0 Å². The highest BCUT2D eigenvalue weighted by Crippen LogP contribution is 2.18. The Morgan fingerprint density at radius 1 is 0.960 bits per heavy atom. The lowest BCUT2D eigenvalue weighted by atomic mass is 10.2. The van der Waals surface area contributed by atoms with Crippen molar-refractivity contribution >= 4 is 11.8 Å². The van der Waals surface area contributed by atoms with Crippen LogP contribution in [0.5, 0.6) is 0 Å². The molecule has 0 atom stereocenters. The molecule has 1 fully saturated rings. The Kier molecular flexibility index (Phi) is 5.13. The van der Waals surface area contributed by atoms with Crippen molar-refractivity contribution in [3.63, 3.8) is 0 Å². The summed E-state index contributed by atoms with van der Waals surface area (Å²) in [5.41, 5.74) is 1.60. The van der Waals surface area contributed by atoms with Crippen LogP contribution in [0, 0.1) is 18.6 Å². The summed E-state index contributed by atoms with van der Waals surface area (Å²) in [6, 6.07) is 5.64. The molecule has 2 heterocycles. The van der Waals surface area contributed by atoms with Crippen LogP contribution in [0.15, 0.2) is 24.3 Å². The molecule has 1 aliphatic heterocycles. The molecule has 1 aromatic heterocycles. The first kappa shape index (κ1) is 17.5. The number of piperazine rings is 1. The van der Waals surface area contributed by atoms with Gasteiger partial charge in [-0.15, -0.1) is 0 Å². The number of anilines is 2. The fourth-order valence-electron chi connectivity index (χ4n) is 2.97. The second-order valence-electron chi connectivity index (χ2n) is 6.60. The Bertz CT molecular complexity index is 722. The molecule has 1 saturated heterocycles. The van der Waals surface area contributed by atoms with E-state index in [4.69, 9.17) is 0 Å². The summed E-state index contributed by atoms with van der Waals surface area (Å²) in [5.74, 6) is 0.566. The number of benzene rings is 1. The topological polar surface area (TPSA) is 35.5 Å². The number of hydrogen-bond acceptors (Lipinski definition) is 5. The van der Waals surface area contributed by atoms with Crippen molar-refractivity contribution in [3.05, 3.63) is 47.2 Å². The van der Waals surface area contributed by atoms with Gasteiger partial charge in [-0.3, -0.25) is 4.90 Å². The second kappa shape index (κ2) is 7.31. The fraction of sp³-hybridized carbons (Fsp3) is 0.444. The van der Waals surface area contributed by atoms with Gasteiger partial charge in [0.2, 0.25) is 5.95 Å². The lowest BCUT2D eigenvalue weighted by molar-refractivity contribution is 0.248. The van der Waals surface area contributed by atoms with Crippen molar-refractivity contribution in [3.8, 4) is 0 Å². The van der Waals surface area contributed by atoms with Crippen molar-refractivity contribution in [1.82, 2.24) is 14.9 Å². The summed E-state index contributed by atoms with van der Waals surface area (Å²) in [7, 11) is 3.92. The molecule has 7 heteroatoms. The van der Waals surface area contributed by atoms with E-state index < -0.39 is 11.6 Å². The minimum absolute atomic E-state index is 0.530. The maximum Gasteiger partial charge on any atom is 0.227 e. The van der Waals surface area contributed by atoms with Crippen LogP contribution in [0.25, 0.3) is 0 Å². The standard InChI is InChI=1S/C18H23F2N5/c1-13-8-17(23(2)3)22-18(21-13)25-6-4-24(5-7-25)12-14-9-15(19)11-16(20)10-14/h8-11H,4-7,12H2,1-3H3. The Morgan fingerprint density at radius 2 is 1.60 bits per heavy atom. The largest absolute Gasteiger partial charge is 0.363 e. The number of hydrogen-bond donors (Lipinski definition) is 0. The number of aromatic nitrogens is 2. The van der Waals surface area contributed by atoms with E-state index in [1.165, 1.54) is 12.1 Å². The van der Waals surface area contributed by atoms with Crippen molar-refractivity contribution in [2.75, 3.05) is 50.1 Å². The summed E-state index contributed by atoms with van der Waals surface area (Å²) < 4.78 is 26.6. The van der Waals surface area contributed by atoms with E-state index in [2.05, 4.69) is 19.8 Å². The van der Waals surface area contributed by atoms with Crippen molar-refractivity contribution < 1.29 is 8.78 Å². The lowest BCUT2D eigenvalue weighted by Gasteiger charge is -2.35. The molecule has 0 unspecified atom stereocenters. The number of rotatable bonds is 4. The summed E-state index contributed by atoms with van der Waals surface area (Å²) in [6.07, 6.45) is 0. The van der Waals surface area contributed by atoms with E-state index in [0.717, 1.165) is 49.7 Å². The first-order valence-electron chi connectivity index (χ1n) is 8.36. The summed E-state index contributed by atoms with van der Waals surface area (Å²) in [4.78, 5) is 15.5. The molecule has 5 nitrogen and oxygen atoms in total. The van der Waals surface area contributed by atoms with Gasteiger partial charge in [0.15, 0.2) is 0 Å². The zero-order valence-corrected chi connectivity index (χ0v) is 14.8. The van der Waals surface area contributed by atoms with Gasteiger partial charge in [-0.05, 0) is 24.6 Å². The molecule has 1 aliphatic rings. The smallest absolute Gasteiger partial charge is 0.227 e. The number of nitrogens with zero attached hydrogens (tertiary/aromatic N) is 5. The van der Waals surface area contributed by atoms with Crippen molar-refractivity contribution in [2.45, 2.75) is 13.5 Å². The van der Waals surface area contributed by atoms with Gasteiger partial charge in [-0.25, -0.2) is 13.8 Å². The molecule has 25 heavy (non-hydrogen) atoms. The second-order valence-corrected chi connectivity index (χ2v) is 6.60. The molecule has 0 spiro atoms. The van der Waals surface area contributed by atoms with Crippen LogP contribution in [-0.4, -0.2) is 55.1 Å². The van der Waals surface area contributed by atoms with Gasteiger partial charge in [-0.1, -0.05) is 0 Å². The van der Waals surface area contributed by atoms with Gasteiger partial charge in [0.05, 0.1) is 0 Å². The van der Waals surface area contributed by atoms with E-state index in [0.29, 0.717) is 12.1 Å². The van der Waals surface area contributed by atoms with Crippen LogP contribution < -0.4 is 9.80 Å². The monoisotopic (exact) mass is 347 g/mol. The van der Waals surface area contributed by atoms with Gasteiger partial charge in [0.25, 0.3) is 0 Å². The SMILES string of the molecule is Cc1cc(N(C)C)nc(N2CCN(Cc3cc(F)cc(F)c3)CC2)n1. The minimum atomic E-state index is -0.530. The first-order valence-corrected chi connectivity index (χ1v) is 8.36. The van der Waals surface area contributed by atoms with Crippen LogP contribution in [0.4, 0.5) is 20.5 Å². The highest BCUT2D eigenvalue weighted by atomic mass is 19.1. The third-order valence-corrected chi connectivity index (χ3v) is 4.27. The van der Waals surface area contributed by atoms with Gasteiger partial charge in [0, 0.05) is 64.6 Å². The molecule has 1 aromatic carbocycles. The third kappa shape index (κ3) is 4.42. The van der Waals surface area contributed by atoms with Crippen molar-refractivity contribution in [2.24, 2.45) is 0 Å². The van der Waals surface area contributed by atoms with Crippen molar-refractivity contribution in [1.29, 1.82) is 0 Å². The Labute approximate surface area is 146 Å². The summed E-state index contributed by atoms with van der Waals surface area (Å²) >= 11 is 0. The van der Waals surface area contributed by atoms with E-state index in [9.17, 15) is 8.78 Å². The number of halogens is 2. The van der Waals surface area contributed by atoms with Gasteiger partial charge < -0.3 is 9.80 Å². The Morgan fingerprint density at radius 3 is 2.20 bits per heavy atom. The normalized spacial score (nSPS) is 15.5. The molecule has 0 N–H and O–H groups in total. The highest BCUT2D eigenvalue weighted by Gasteiger charge is 2.20. The maximum absolute atomic E-state index is 13.3. The molecule has 0 radical (unpaired) electrons. The quantitative estimate of drug-likeness (QED) is 0.849. The van der Waals surface area contributed by atoms with Crippen LogP contribution in [0.1, 0.15) is 11.3 Å². The number of aryl methyl sites for hydroxylation is 1. The minimum Gasteiger partial charge on any atom is -0.363 e. The average Bonchev–Trinajstić information content (AvgIpc) is 2.54. The van der Waals surface area contributed by atoms with E-state index in [1.54, 1.807) is 0 Å². The molecular formula is C18H23F2N5. The Hall–Kier alpha value is -2.28. The predicted molar refractivity (Wildman–Crippen MR) is 94.9 cm³/mol. The van der Waals surface area contributed by atoms with Gasteiger partial charge in [0.1, 0.15) is 17.5 Å². The van der Waals surface area contributed by atoms with Gasteiger partial charge >= 0.3 is 0 Å². The average molecular weight is 347 g/mol. The third-order valence-electron chi connectivity index (χ3n) is 4.27. The van der Waals surface area contributed by atoms with Gasteiger partial charge in [-0.2, -0.15) is 4.98 Å². The molecule has 0 bridgehead atoms.